The fourth-order valence-corrected chi connectivity index (χ4v) is 5.45. The largest absolute Gasteiger partial charge is 0.447 e. The lowest BCUT2D eigenvalue weighted by molar-refractivity contribution is -0.204. The summed E-state index contributed by atoms with van der Waals surface area (Å²) in [4.78, 5) is 33.5. The maximum Gasteiger partial charge on any atom is 0.409 e. The maximum atomic E-state index is 14.4. The molecule has 12 nitrogen and oxygen atoms in total. The molecule has 5 rings (SSSR count). The van der Waals surface area contributed by atoms with Crippen molar-refractivity contribution in [3.8, 4) is 22.5 Å². The Morgan fingerprint density at radius 3 is 2.41 bits per heavy atom. The Morgan fingerprint density at radius 2 is 1.82 bits per heavy atom. The molecule has 18 heteroatoms. The van der Waals surface area contributed by atoms with Gasteiger partial charge in [-0.3, -0.25) is 20.2 Å². The smallest absolute Gasteiger partial charge is 0.409 e. The molecule has 2 amide bonds. The summed E-state index contributed by atoms with van der Waals surface area (Å²) in [6, 6.07) is 9.46. The molecule has 1 fully saturated rings. The van der Waals surface area contributed by atoms with E-state index in [2.05, 4.69) is 25.6 Å². The molecular weight excluding hydrogens is 701 g/mol. The summed E-state index contributed by atoms with van der Waals surface area (Å²) in [6.07, 6.45) is -1.17. The number of aromatic amines is 1. The van der Waals surface area contributed by atoms with Crippen LogP contribution in [0.4, 0.5) is 26.7 Å². The van der Waals surface area contributed by atoms with Crippen molar-refractivity contribution in [1.82, 2.24) is 40.1 Å². The number of rotatable bonds is 10. The fourth-order valence-electron chi connectivity index (χ4n) is 5.24. The van der Waals surface area contributed by atoms with Crippen LogP contribution in [0, 0.1) is 16.7 Å². The molecule has 1 aliphatic heterocycles. The minimum absolute atomic E-state index is 0.0962. The highest BCUT2D eigenvalue weighted by Crippen LogP contribution is 2.35. The second-order valence-corrected chi connectivity index (χ2v) is 13.5. The first-order valence-corrected chi connectivity index (χ1v) is 16.1. The minimum Gasteiger partial charge on any atom is -0.447 e. The molecule has 1 aliphatic rings. The van der Waals surface area contributed by atoms with Gasteiger partial charge in [0.25, 0.3) is 5.91 Å². The van der Waals surface area contributed by atoms with Crippen LogP contribution in [0.3, 0.4) is 0 Å². The highest BCUT2D eigenvalue weighted by Gasteiger charge is 2.49. The SMILES string of the molecule is CC(C)(C)CCNC(=N)N(C(=O)c1ccc(-c2cnn(C(F)F)c2)cc1)[C@H](COC(=O)N1CC(C(F)(F)F)C1)c1ccc(Cl)c(-c2ncn[nH]2)c1. The van der Waals surface area contributed by atoms with Crippen molar-refractivity contribution in [3.63, 3.8) is 0 Å². The van der Waals surface area contributed by atoms with Gasteiger partial charge in [-0.15, -0.1) is 0 Å². The van der Waals surface area contributed by atoms with Crippen molar-refractivity contribution in [1.29, 1.82) is 5.41 Å². The number of nitrogens with one attached hydrogen (secondary N) is 3. The molecule has 51 heavy (non-hydrogen) atoms. The van der Waals surface area contributed by atoms with Crippen LogP contribution in [0.5, 0.6) is 0 Å². The number of hydrogen-bond acceptors (Lipinski definition) is 7. The van der Waals surface area contributed by atoms with Gasteiger partial charge in [-0.2, -0.15) is 32.1 Å². The molecule has 2 aromatic heterocycles. The van der Waals surface area contributed by atoms with Crippen molar-refractivity contribution in [3.05, 3.63) is 77.3 Å². The third-order valence-electron chi connectivity index (χ3n) is 8.22. The third kappa shape index (κ3) is 9.00. The number of carbonyl (C=O) groups excluding carboxylic acids is 2. The van der Waals surface area contributed by atoms with Gasteiger partial charge >= 0.3 is 18.8 Å². The van der Waals surface area contributed by atoms with Crippen molar-refractivity contribution in [2.24, 2.45) is 11.3 Å². The molecule has 0 saturated carbocycles. The third-order valence-corrected chi connectivity index (χ3v) is 8.55. The molecule has 1 saturated heterocycles. The summed E-state index contributed by atoms with van der Waals surface area (Å²) < 4.78 is 71.6. The van der Waals surface area contributed by atoms with Crippen LogP contribution in [0.2, 0.25) is 5.02 Å². The summed E-state index contributed by atoms with van der Waals surface area (Å²) in [7, 11) is 0. The molecule has 0 aliphatic carbocycles. The summed E-state index contributed by atoms with van der Waals surface area (Å²) in [6.45, 7) is 1.79. The van der Waals surface area contributed by atoms with Crippen LogP contribution < -0.4 is 5.32 Å². The van der Waals surface area contributed by atoms with E-state index in [9.17, 15) is 31.5 Å². The number of alkyl halides is 5. The standard InChI is InChI=1S/C33H35ClF5N9O3/c1-32(2,3)10-11-41-30(40)48(28(49)20-6-4-19(5-7-20)22-13-44-47(14-22)29(35)36)26(17-51-31(50)46-15-23(16-46)33(37,38)39)21-8-9-25(34)24(12-21)27-42-18-43-45-27/h4-9,12-14,18,23,26,29H,10-11,15-17H2,1-3H3,(H2,40,41)(H,42,43,45)/t26-/m1/s1. The second-order valence-electron chi connectivity index (χ2n) is 13.1. The van der Waals surface area contributed by atoms with Gasteiger partial charge in [-0.1, -0.05) is 50.6 Å². The first kappa shape index (κ1) is 37.2. The van der Waals surface area contributed by atoms with E-state index in [1.807, 2.05) is 20.8 Å². The Morgan fingerprint density at radius 1 is 1.12 bits per heavy atom. The van der Waals surface area contributed by atoms with Gasteiger partial charge in [0.1, 0.15) is 12.9 Å². The fraction of sp³-hybridized carbons (Fsp3) is 0.394. The second kappa shape index (κ2) is 15.0. The predicted molar refractivity (Wildman–Crippen MR) is 177 cm³/mol. The molecule has 0 unspecified atom stereocenters. The van der Waals surface area contributed by atoms with Crippen LogP contribution in [0.15, 0.2) is 61.2 Å². The molecule has 1 atom stereocenters. The summed E-state index contributed by atoms with van der Waals surface area (Å²) in [5.41, 5.74) is 1.58. The number of hydrogen-bond donors (Lipinski definition) is 3. The maximum absolute atomic E-state index is 14.4. The van der Waals surface area contributed by atoms with Crippen molar-refractivity contribution >= 4 is 29.6 Å². The number of likely N-dealkylation sites (tertiary alicyclic amines) is 1. The van der Waals surface area contributed by atoms with Crippen LogP contribution in [-0.2, 0) is 4.74 Å². The van der Waals surface area contributed by atoms with Crippen LogP contribution in [0.1, 0.15) is 55.7 Å². The molecule has 3 heterocycles. The zero-order valence-electron chi connectivity index (χ0n) is 27.7. The number of aromatic nitrogens is 5. The average Bonchev–Trinajstić information content (AvgIpc) is 3.75. The number of nitrogens with zero attached hydrogens (tertiary/aromatic N) is 6. The van der Waals surface area contributed by atoms with E-state index in [1.165, 1.54) is 42.9 Å². The molecule has 0 bridgehead atoms. The average molecular weight is 736 g/mol. The number of carbonyl (C=O) groups is 2. The Hall–Kier alpha value is -5.06. The predicted octanol–water partition coefficient (Wildman–Crippen LogP) is 7.16. The summed E-state index contributed by atoms with van der Waals surface area (Å²) in [5.74, 6) is -2.42. The first-order chi connectivity index (χ1) is 24.0. The molecular formula is C33H35ClF5N9O3. The van der Waals surface area contributed by atoms with Crippen LogP contribution in [-0.4, -0.2) is 85.1 Å². The topological polar surface area (TPSA) is 145 Å². The Bertz CT molecular complexity index is 1840. The molecule has 272 valence electrons. The van der Waals surface area contributed by atoms with Gasteiger partial charge in [0.2, 0.25) is 0 Å². The van der Waals surface area contributed by atoms with Gasteiger partial charge in [0.05, 0.1) is 23.2 Å². The Balaban J connectivity index is 1.50. The number of guanidine groups is 1. The van der Waals surface area contributed by atoms with E-state index < -0.39 is 56.4 Å². The molecule has 3 N–H and O–H groups in total. The highest BCUT2D eigenvalue weighted by atomic mass is 35.5. The zero-order valence-corrected chi connectivity index (χ0v) is 28.5. The lowest BCUT2D eigenvalue weighted by Gasteiger charge is -2.39. The van der Waals surface area contributed by atoms with Crippen LogP contribution >= 0.6 is 11.6 Å². The Kier molecular flexibility index (Phi) is 11.0. The van der Waals surface area contributed by atoms with Gasteiger partial charge < -0.3 is 15.0 Å². The van der Waals surface area contributed by atoms with Gasteiger partial charge in [-0.05, 0) is 47.2 Å². The number of H-pyrrole nitrogens is 1. The van der Waals surface area contributed by atoms with Crippen molar-refractivity contribution in [2.75, 3.05) is 26.2 Å². The number of amides is 2. The number of ether oxygens (including phenoxy) is 1. The first-order valence-electron chi connectivity index (χ1n) is 15.7. The van der Waals surface area contributed by atoms with Crippen molar-refractivity contribution < 1.29 is 36.3 Å². The lowest BCUT2D eigenvalue weighted by atomic mass is 9.92. The van der Waals surface area contributed by atoms with Gasteiger partial charge in [0, 0.05) is 42.5 Å². The lowest BCUT2D eigenvalue weighted by Crippen LogP contribution is -2.56. The zero-order chi connectivity index (χ0) is 37.1. The quantitative estimate of drug-likeness (QED) is 0.0891. The highest BCUT2D eigenvalue weighted by molar-refractivity contribution is 6.33. The molecule has 0 spiro atoms. The van der Waals surface area contributed by atoms with E-state index >= 15 is 0 Å². The number of benzene rings is 2. The monoisotopic (exact) mass is 735 g/mol. The Labute approximate surface area is 294 Å². The molecule has 0 radical (unpaired) electrons. The van der Waals surface area contributed by atoms with E-state index in [0.717, 1.165) is 16.0 Å². The minimum atomic E-state index is -4.46. The van der Waals surface area contributed by atoms with E-state index in [1.54, 1.807) is 12.1 Å². The normalized spacial score (nSPS) is 14.3. The van der Waals surface area contributed by atoms with Crippen molar-refractivity contribution in [2.45, 2.75) is 46.0 Å². The van der Waals surface area contributed by atoms with Gasteiger partial charge in [0.15, 0.2) is 11.8 Å². The summed E-state index contributed by atoms with van der Waals surface area (Å²) in [5, 5.41) is 22.5. The van der Waals surface area contributed by atoms with E-state index in [0.29, 0.717) is 45.7 Å². The van der Waals surface area contributed by atoms with E-state index in [-0.39, 0.29) is 22.0 Å². The van der Waals surface area contributed by atoms with Gasteiger partial charge in [-0.25, -0.2) is 14.5 Å². The molecule has 4 aromatic rings. The van der Waals surface area contributed by atoms with E-state index in [4.69, 9.17) is 21.7 Å². The molecule has 2 aromatic carbocycles. The number of halogens is 6. The van der Waals surface area contributed by atoms with Crippen LogP contribution in [0.25, 0.3) is 22.5 Å². The summed E-state index contributed by atoms with van der Waals surface area (Å²) >= 11 is 6.48.